The maximum Gasteiger partial charge on any atom is 0.339 e. The van der Waals surface area contributed by atoms with E-state index in [0.717, 1.165) is 16.7 Å². The number of ether oxygens (including phenoxy) is 4. The van der Waals surface area contributed by atoms with Crippen molar-refractivity contribution in [3.8, 4) is 5.75 Å². The van der Waals surface area contributed by atoms with Crippen LogP contribution < -0.4 is 10.4 Å². The minimum absolute atomic E-state index is 0.0700. The Kier molecular flexibility index (Phi) is 4.43. The molecule has 1 aromatic rings. The number of hydrogen-bond donors (Lipinski definition) is 0. The number of allylic oxidation sites excluding steroid dienone is 2. The highest BCUT2D eigenvalue weighted by molar-refractivity contribution is 5.41. The van der Waals surface area contributed by atoms with Gasteiger partial charge in [-0.05, 0) is 60.1 Å². The van der Waals surface area contributed by atoms with Crippen LogP contribution in [0.4, 0.5) is 0 Å². The van der Waals surface area contributed by atoms with Gasteiger partial charge in [0.1, 0.15) is 34.9 Å². The first-order valence-electron chi connectivity index (χ1n) is 10.0. The van der Waals surface area contributed by atoms with Gasteiger partial charge in [-0.3, -0.25) is 0 Å². The number of rotatable bonds is 5. The second kappa shape index (κ2) is 6.30. The molecule has 1 aromatic heterocycles. The molecule has 0 unspecified atom stereocenters. The topological polar surface area (TPSA) is 73.7 Å². The molecular weight excluding hydrogens is 372 g/mol. The van der Waals surface area contributed by atoms with Gasteiger partial charge in [-0.15, -0.1) is 0 Å². The molecule has 3 saturated heterocycles. The molecule has 0 amide bonds. The average Bonchev–Trinajstić information content (AvgIpc) is 3.50. The maximum atomic E-state index is 11.9. The molecule has 6 nitrogen and oxygen atoms in total. The molecule has 3 aliphatic heterocycles. The van der Waals surface area contributed by atoms with Crippen LogP contribution in [0.3, 0.4) is 0 Å². The maximum absolute atomic E-state index is 11.9. The van der Waals surface area contributed by atoms with Crippen LogP contribution in [-0.4, -0.2) is 36.6 Å². The highest BCUT2D eigenvalue weighted by Crippen LogP contribution is 2.56. The second-order valence-electron chi connectivity index (χ2n) is 9.10. The fraction of sp³-hybridized carbons (Fsp3) is 0.609. The third kappa shape index (κ3) is 3.09. The summed E-state index contributed by atoms with van der Waals surface area (Å²) in [6, 6.07) is 1.35. The van der Waals surface area contributed by atoms with Crippen molar-refractivity contribution in [1.29, 1.82) is 0 Å². The summed E-state index contributed by atoms with van der Waals surface area (Å²) in [5.74, 6) is 1.03. The minimum Gasteiger partial charge on any atom is -0.496 e. The lowest BCUT2D eigenvalue weighted by Gasteiger charge is -2.24. The van der Waals surface area contributed by atoms with E-state index in [4.69, 9.17) is 23.4 Å². The van der Waals surface area contributed by atoms with Crippen molar-refractivity contribution >= 4 is 0 Å². The summed E-state index contributed by atoms with van der Waals surface area (Å²) in [5, 5.41) is 0. The summed E-state index contributed by atoms with van der Waals surface area (Å²) < 4.78 is 28.9. The first-order chi connectivity index (χ1) is 13.4. The molecule has 158 valence electrons. The largest absolute Gasteiger partial charge is 0.496 e. The van der Waals surface area contributed by atoms with Crippen LogP contribution in [0, 0.1) is 6.92 Å². The molecule has 0 aliphatic carbocycles. The Morgan fingerprint density at radius 2 is 1.86 bits per heavy atom. The third-order valence-corrected chi connectivity index (χ3v) is 6.62. The summed E-state index contributed by atoms with van der Waals surface area (Å²) in [5.41, 5.74) is 1.19. The van der Waals surface area contributed by atoms with E-state index < -0.39 is 16.8 Å². The molecule has 4 rings (SSSR count). The summed E-state index contributed by atoms with van der Waals surface area (Å²) in [6.07, 6.45) is 4.22. The fourth-order valence-electron chi connectivity index (χ4n) is 4.94. The molecule has 29 heavy (non-hydrogen) atoms. The molecule has 0 spiro atoms. The molecule has 6 heteroatoms. The van der Waals surface area contributed by atoms with Gasteiger partial charge in [-0.25, -0.2) is 4.79 Å². The number of fused-ring (bicyclic) bond motifs is 1. The van der Waals surface area contributed by atoms with E-state index in [2.05, 4.69) is 39.8 Å². The molecule has 0 bridgehead atoms. The molecule has 3 aliphatic rings. The van der Waals surface area contributed by atoms with Crippen LogP contribution in [0.2, 0.25) is 0 Å². The zero-order chi connectivity index (χ0) is 21.4. The van der Waals surface area contributed by atoms with Crippen LogP contribution in [0.25, 0.3) is 0 Å². The van der Waals surface area contributed by atoms with Gasteiger partial charge >= 0.3 is 5.63 Å². The molecule has 0 N–H and O–H groups in total. The van der Waals surface area contributed by atoms with Gasteiger partial charge in [0, 0.05) is 5.56 Å². The number of epoxide rings is 2. The Labute approximate surface area is 171 Å². The highest BCUT2D eigenvalue weighted by atomic mass is 16.7. The molecule has 0 radical (unpaired) electrons. The Morgan fingerprint density at radius 3 is 2.41 bits per heavy atom. The number of methoxy groups -OCH3 is 1. The zero-order valence-electron chi connectivity index (χ0n) is 18.4. The van der Waals surface area contributed by atoms with Crippen molar-refractivity contribution in [2.75, 3.05) is 7.11 Å². The van der Waals surface area contributed by atoms with Crippen LogP contribution in [0.1, 0.15) is 52.9 Å². The van der Waals surface area contributed by atoms with Gasteiger partial charge in [0.25, 0.3) is 0 Å². The Hall–Kier alpha value is -1.89. The first-order valence-corrected chi connectivity index (χ1v) is 10.0. The molecule has 0 saturated carbocycles. The monoisotopic (exact) mass is 402 g/mol. The minimum atomic E-state index is -0.681. The molecule has 6 atom stereocenters. The lowest BCUT2D eigenvalue weighted by Crippen LogP contribution is -2.30. The first kappa shape index (κ1) is 20.4. The van der Waals surface area contributed by atoms with E-state index in [1.54, 1.807) is 7.11 Å². The van der Waals surface area contributed by atoms with Gasteiger partial charge in [-0.2, -0.15) is 0 Å². The molecule has 3 fully saturated rings. The van der Waals surface area contributed by atoms with E-state index in [1.807, 2.05) is 20.8 Å². The summed E-state index contributed by atoms with van der Waals surface area (Å²) in [7, 11) is 1.54. The molecule has 0 aromatic carbocycles. The van der Waals surface area contributed by atoms with Gasteiger partial charge in [0.15, 0.2) is 5.60 Å². The summed E-state index contributed by atoms with van der Waals surface area (Å²) in [4.78, 5) is 11.9. The normalized spacial score (nSPS) is 41.3. The smallest absolute Gasteiger partial charge is 0.339 e. The second-order valence-corrected chi connectivity index (χ2v) is 9.10. The summed E-state index contributed by atoms with van der Waals surface area (Å²) >= 11 is 0. The Bertz CT molecular complexity index is 974. The van der Waals surface area contributed by atoms with Crippen molar-refractivity contribution < 1.29 is 23.4 Å². The quantitative estimate of drug-likeness (QED) is 0.551. The third-order valence-electron chi connectivity index (χ3n) is 6.62. The Balaban J connectivity index is 1.56. The predicted octanol–water partition coefficient (Wildman–Crippen LogP) is 3.80. The highest BCUT2D eigenvalue weighted by Gasteiger charge is 2.71. The number of hydrogen-bond acceptors (Lipinski definition) is 6. The van der Waals surface area contributed by atoms with Crippen molar-refractivity contribution in [2.24, 2.45) is 0 Å². The van der Waals surface area contributed by atoms with Gasteiger partial charge < -0.3 is 23.4 Å². The summed E-state index contributed by atoms with van der Waals surface area (Å²) in [6.45, 7) is 14.1. The van der Waals surface area contributed by atoms with Crippen molar-refractivity contribution in [2.45, 2.75) is 83.6 Å². The SMILES string of the molecule is COc1cc(=O)oc([C@@]2(C)O[C@@H]2/C(C)=C/C(C)=C/[C@]2(C)O[C@H](C)[C@@]3(C)O[C@H]32)c1C. The van der Waals surface area contributed by atoms with E-state index in [-0.39, 0.29) is 23.9 Å². The van der Waals surface area contributed by atoms with Gasteiger partial charge in [0.2, 0.25) is 0 Å². The average molecular weight is 402 g/mol. The van der Waals surface area contributed by atoms with Crippen molar-refractivity contribution in [1.82, 2.24) is 0 Å². The molecule has 4 heterocycles. The standard InChI is InChI=1S/C23H30O6/c1-12(11-21(5)20-22(6,29-20)15(4)27-21)9-13(2)18-23(7,28-18)19-14(3)16(25-8)10-17(24)26-19/h9-11,15,18,20H,1-8H3/b12-11+,13-9+/t15-,18-,20+,21+,22-,23+/m1/s1. The van der Waals surface area contributed by atoms with E-state index >= 15 is 0 Å². The van der Waals surface area contributed by atoms with E-state index in [9.17, 15) is 4.79 Å². The Morgan fingerprint density at radius 1 is 1.17 bits per heavy atom. The van der Waals surface area contributed by atoms with Crippen LogP contribution in [-0.2, 0) is 19.8 Å². The van der Waals surface area contributed by atoms with Gasteiger partial charge in [-0.1, -0.05) is 11.6 Å². The lowest BCUT2D eigenvalue weighted by molar-refractivity contribution is -0.0719. The van der Waals surface area contributed by atoms with E-state index in [1.165, 1.54) is 6.07 Å². The van der Waals surface area contributed by atoms with E-state index in [0.29, 0.717) is 11.5 Å². The van der Waals surface area contributed by atoms with Crippen LogP contribution >= 0.6 is 0 Å². The molecular formula is C23H30O6. The van der Waals surface area contributed by atoms with Crippen LogP contribution in [0.5, 0.6) is 5.75 Å². The van der Waals surface area contributed by atoms with Crippen molar-refractivity contribution in [3.63, 3.8) is 0 Å². The van der Waals surface area contributed by atoms with Crippen molar-refractivity contribution in [3.05, 3.63) is 51.1 Å². The fourth-order valence-corrected chi connectivity index (χ4v) is 4.94. The lowest BCUT2D eigenvalue weighted by atomic mass is 9.92. The van der Waals surface area contributed by atoms with Crippen LogP contribution in [0.15, 0.2) is 38.6 Å². The van der Waals surface area contributed by atoms with Gasteiger partial charge in [0.05, 0.1) is 19.3 Å². The zero-order valence-corrected chi connectivity index (χ0v) is 18.4. The predicted molar refractivity (Wildman–Crippen MR) is 108 cm³/mol.